The van der Waals surface area contributed by atoms with Gasteiger partial charge in [-0.25, -0.2) is 0 Å². The largest absolute Gasteiger partial charge is 0.365 e. The van der Waals surface area contributed by atoms with Crippen molar-refractivity contribution in [2.45, 2.75) is 32.6 Å². The predicted octanol–water partition coefficient (Wildman–Crippen LogP) is 2.25. The number of H-pyrrole nitrogens is 1. The molecule has 1 atom stereocenters. The predicted molar refractivity (Wildman–Crippen MR) is 91.8 cm³/mol. The van der Waals surface area contributed by atoms with Crippen molar-refractivity contribution in [1.29, 1.82) is 0 Å². The summed E-state index contributed by atoms with van der Waals surface area (Å²) >= 11 is 1.31. The number of carbonyl (C=O) groups excluding carboxylic acids is 2. The molecule has 0 radical (unpaired) electrons. The van der Waals surface area contributed by atoms with E-state index in [1.165, 1.54) is 11.3 Å². The van der Waals surface area contributed by atoms with E-state index in [2.05, 4.69) is 22.4 Å². The van der Waals surface area contributed by atoms with Crippen LogP contribution in [0.5, 0.6) is 0 Å². The van der Waals surface area contributed by atoms with Crippen LogP contribution in [0.2, 0.25) is 0 Å². The van der Waals surface area contributed by atoms with Crippen molar-refractivity contribution < 1.29 is 14.5 Å². The molecule has 4 N–H and O–H groups in total. The Kier molecular flexibility index (Phi) is 4.53. The van der Waals surface area contributed by atoms with Gasteiger partial charge >= 0.3 is 5.69 Å². The molecule has 1 aliphatic carbocycles. The van der Waals surface area contributed by atoms with Crippen LogP contribution in [0.25, 0.3) is 0 Å². The Bertz CT molecular complexity index is 856. The molecule has 0 saturated heterocycles. The Balaban J connectivity index is 1.93. The van der Waals surface area contributed by atoms with Gasteiger partial charge in [-0.1, -0.05) is 13.3 Å². The van der Waals surface area contributed by atoms with Crippen LogP contribution in [0.1, 0.15) is 51.1 Å². The normalized spacial score (nSPS) is 16.3. The van der Waals surface area contributed by atoms with Gasteiger partial charge in [0.25, 0.3) is 11.8 Å². The van der Waals surface area contributed by atoms with Crippen LogP contribution in [0, 0.1) is 16.0 Å². The maximum Gasteiger partial charge on any atom is 0.319 e. The van der Waals surface area contributed by atoms with Crippen LogP contribution in [0.3, 0.4) is 0 Å². The van der Waals surface area contributed by atoms with Gasteiger partial charge in [-0.05, 0) is 30.7 Å². The number of aromatic amines is 1. The number of thiophene rings is 1. The lowest BCUT2D eigenvalue weighted by Gasteiger charge is -2.20. The molecular weight excluding hydrogens is 346 g/mol. The maximum absolute atomic E-state index is 12.4. The third-order valence-corrected chi connectivity index (χ3v) is 5.63. The van der Waals surface area contributed by atoms with Crippen LogP contribution in [-0.4, -0.2) is 26.9 Å². The fourth-order valence-electron chi connectivity index (χ4n) is 3.10. The molecule has 132 valence electrons. The average molecular weight is 363 g/mol. The molecule has 9 nitrogen and oxygen atoms in total. The second-order valence-electron chi connectivity index (χ2n) is 5.93. The molecule has 0 unspecified atom stereocenters. The maximum atomic E-state index is 12.4. The number of nitrogens with zero attached hydrogens (tertiary/aromatic N) is 2. The lowest BCUT2D eigenvalue weighted by atomic mass is 9.85. The van der Waals surface area contributed by atoms with Crippen molar-refractivity contribution in [2.75, 3.05) is 5.32 Å². The molecule has 2 amide bonds. The van der Waals surface area contributed by atoms with E-state index in [-0.39, 0.29) is 5.69 Å². The Morgan fingerprint density at radius 2 is 2.32 bits per heavy atom. The number of nitrogens with one attached hydrogen (secondary N) is 2. The zero-order chi connectivity index (χ0) is 18.1. The summed E-state index contributed by atoms with van der Waals surface area (Å²) in [4.78, 5) is 35.6. The molecule has 3 rings (SSSR count). The molecule has 0 saturated carbocycles. The van der Waals surface area contributed by atoms with Crippen molar-refractivity contribution in [3.05, 3.63) is 38.0 Å². The van der Waals surface area contributed by atoms with Crippen molar-refractivity contribution in [1.82, 2.24) is 10.2 Å². The zero-order valence-corrected chi connectivity index (χ0v) is 14.3. The average Bonchev–Trinajstić information content (AvgIpc) is 3.18. The summed E-state index contributed by atoms with van der Waals surface area (Å²) in [6, 6.07) is 0. The highest BCUT2D eigenvalue weighted by atomic mass is 32.1. The first-order chi connectivity index (χ1) is 11.9. The van der Waals surface area contributed by atoms with Gasteiger partial charge < -0.3 is 11.1 Å². The van der Waals surface area contributed by atoms with E-state index in [9.17, 15) is 19.7 Å². The molecule has 0 aromatic carbocycles. The minimum absolute atomic E-state index is 0.266. The molecular formula is C15H17N5O4S. The van der Waals surface area contributed by atoms with E-state index in [1.807, 2.05) is 0 Å². The van der Waals surface area contributed by atoms with Crippen molar-refractivity contribution in [3.8, 4) is 0 Å². The molecule has 0 spiro atoms. The van der Waals surface area contributed by atoms with E-state index < -0.39 is 22.4 Å². The number of carbonyl (C=O) groups is 2. The number of hydrogen-bond donors (Lipinski definition) is 3. The minimum Gasteiger partial charge on any atom is -0.365 e. The fourth-order valence-corrected chi connectivity index (χ4v) is 4.46. The molecule has 2 heterocycles. The Labute approximate surface area is 146 Å². The van der Waals surface area contributed by atoms with Crippen LogP contribution >= 0.6 is 11.3 Å². The van der Waals surface area contributed by atoms with Gasteiger partial charge in [-0.2, -0.15) is 5.10 Å². The zero-order valence-electron chi connectivity index (χ0n) is 13.5. The monoisotopic (exact) mass is 363 g/mol. The quantitative estimate of drug-likeness (QED) is 0.551. The van der Waals surface area contributed by atoms with Gasteiger partial charge in [0.1, 0.15) is 11.2 Å². The van der Waals surface area contributed by atoms with E-state index >= 15 is 0 Å². The number of nitro groups is 1. The summed E-state index contributed by atoms with van der Waals surface area (Å²) in [5, 5.41) is 19.7. The van der Waals surface area contributed by atoms with E-state index in [0.717, 1.165) is 42.3 Å². The Hall–Kier alpha value is -2.75. The molecule has 0 fully saturated rings. The van der Waals surface area contributed by atoms with E-state index in [4.69, 9.17) is 5.73 Å². The molecule has 10 heteroatoms. The highest BCUT2D eigenvalue weighted by molar-refractivity contribution is 7.17. The summed E-state index contributed by atoms with van der Waals surface area (Å²) in [6.07, 6.45) is 4.57. The van der Waals surface area contributed by atoms with Gasteiger partial charge in [-0.3, -0.25) is 24.8 Å². The summed E-state index contributed by atoms with van der Waals surface area (Å²) in [6.45, 7) is 2.12. The second-order valence-corrected chi connectivity index (χ2v) is 7.04. The van der Waals surface area contributed by atoms with Gasteiger partial charge in [0.15, 0.2) is 0 Å². The van der Waals surface area contributed by atoms with E-state index in [1.54, 1.807) is 0 Å². The first-order valence-corrected chi connectivity index (χ1v) is 8.67. The standard InChI is InChI=1S/C15H17N5O4S/c1-2-7-3-4-8-10(5-7)25-15(11(8)13(16)21)18-14(22)12-9(20(23)24)6-17-19-12/h6-7H,2-5H2,1H3,(H2,16,21)(H,17,19)(H,18,22)/t7-/m0/s1. The third-order valence-electron chi connectivity index (χ3n) is 4.46. The van der Waals surface area contributed by atoms with E-state index in [0.29, 0.717) is 16.5 Å². The number of amides is 2. The van der Waals surface area contributed by atoms with Crippen molar-refractivity contribution >= 4 is 33.8 Å². The number of anilines is 1. The minimum atomic E-state index is -0.725. The van der Waals surface area contributed by atoms with Crippen LogP contribution in [0.4, 0.5) is 10.7 Å². The Morgan fingerprint density at radius 1 is 1.56 bits per heavy atom. The fraction of sp³-hybridized carbons (Fsp3) is 0.400. The smallest absolute Gasteiger partial charge is 0.319 e. The van der Waals surface area contributed by atoms with Crippen LogP contribution < -0.4 is 11.1 Å². The van der Waals surface area contributed by atoms with Crippen molar-refractivity contribution in [3.63, 3.8) is 0 Å². The third kappa shape index (κ3) is 3.12. The second kappa shape index (κ2) is 6.63. The van der Waals surface area contributed by atoms with Crippen LogP contribution in [0.15, 0.2) is 6.20 Å². The van der Waals surface area contributed by atoms with Crippen LogP contribution in [-0.2, 0) is 12.8 Å². The molecule has 0 aliphatic heterocycles. The topological polar surface area (TPSA) is 144 Å². The number of nitrogens with two attached hydrogens (primary N) is 1. The van der Waals surface area contributed by atoms with Gasteiger partial charge in [0.2, 0.25) is 5.69 Å². The molecule has 1 aliphatic rings. The number of aromatic nitrogens is 2. The SMILES string of the molecule is CC[C@H]1CCc2c(sc(NC(=O)c3[nH]ncc3[N+](=O)[O-])c2C(N)=O)C1. The van der Waals surface area contributed by atoms with Gasteiger partial charge in [0.05, 0.1) is 10.5 Å². The molecule has 0 bridgehead atoms. The number of hydrogen-bond acceptors (Lipinski definition) is 6. The summed E-state index contributed by atoms with van der Waals surface area (Å²) in [5.74, 6) is -0.789. The number of fused-ring (bicyclic) bond motifs is 1. The van der Waals surface area contributed by atoms with Gasteiger partial charge in [-0.15, -0.1) is 11.3 Å². The highest BCUT2D eigenvalue weighted by Crippen LogP contribution is 2.40. The summed E-state index contributed by atoms with van der Waals surface area (Å²) in [5.41, 5.74) is 6.02. The molecule has 2 aromatic heterocycles. The van der Waals surface area contributed by atoms with Gasteiger partial charge in [0, 0.05) is 4.88 Å². The first-order valence-electron chi connectivity index (χ1n) is 7.85. The number of primary amides is 1. The summed E-state index contributed by atoms with van der Waals surface area (Å²) in [7, 11) is 0. The Morgan fingerprint density at radius 3 is 2.96 bits per heavy atom. The highest BCUT2D eigenvalue weighted by Gasteiger charge is 2.30. The number of rotatable bonds is 5. The lowest BCUT2D eigenvalue weighted by Crippen LogP contribution is -2.20. The van der Waals surface area contributed by atoms with Crippen molar-refractivity contribution in [2.24, 2.45) is 11.7 Å². The first kappa shape index (κ1) is 17.1. The molecule has 25 heavy (non-hydrogen) atoms. The molecule has 2 aromatic rings. The summed E-state index contributed by atoms with van der Waals surface area (Å²) < 4.78 is 0. The lowest BCUT2D eigenvalue weighted by molar-refractivity contribution is -0.385.